The van der Waals surface area contributed by atoms with Crippen molar-refractivity contribution in [2.75, 3.05) is 0 Å². The molecule has 0 saturated heterocycles. The Hall–Kier alpha value is -0.800. The molecule has 4 rings (SSSR count). The number of rotatable bonds is 1. The highest BCUT2D eigenvalue weighted by Gasteiger charge is 2.47. The predicted molar refractivity (Wildman–Crippen MR) is 80.6 cm³/mol. The van der Waals surface area contributed by atoms with Crippen molar-refractivity contribution in [3.63, 3.8) is 0 Å². The van der Waals surface area contributed by atoms with Crippen molar-refractivity contribution in [3.05, 3.63) is 46.4 Å². The van der Waals surface area contributed by atoms with E-state index in [1.165, 1.54) is 18.4 Å². The van der Waals surface area contributed by atoms with Gasteiger partial charge in [0.1, 0.15) is 0 Å². The molecule has 4 heteroatoms. The van der Waals surface area contributed by atoms with Crippen molar-refractivity contribution in [3.8, 4) is 0 Å². The molecule has 0 bridgehead atoms. The van der Waals surface area contributed by atoms with Crippen molar-refractivity contribution in [2.45, 2.75) is 25.7 Å². The molecule has 0 aromatic rings. The van der Waals surface area contributed by atoms with Gasteiger partial charge in [-0.15, -0.1) is 0 Å². The molecule has 20 heavy (non-hydrogen) atoms. The van der Waals surface area contributed by atoms with Crippen molar-refractivity contribution < 1.29 is 8.42 Å². The Balaban J connectivity index is 1.88. The minimum absolute atomic E-state index is 0.354. The summed E-state index contributed by atoms with van der Waals surface area (Å²) < 4.78 is 23.7. The van der Waals surface area contributed by atoms with Gasteiger partial charge in [-0.05, 0) is 60.5 Å². The van der Waals surface area contributed by atoms with Gasteiger partial charge in [-0.3, -0.25) is 0 Å². The van der Waals surface area contributed by atoms with Gasteiger partial charge < -0.3 is 0 Å². The lowest BCUT2D eigenvalue weighted by atomic mass is 9.56. The fourth-order valence-electron chi connectivity index (χ4n) is 4.65. The zero-order chi connectivity index (χ0) is 13.9. The SMILES string of the molecule is O=S(=O)(Cl)C1=CCC2CCC3CC=CC4=CC=C1C2C43. The Labute approximate surface area is 124 Å². The maximum Gasteiger partial charge on any atom is 0.261 e. The summed E-state index contributed by atoms with van der Waals surface area (Å²) >= 11 is 0. The Bertz CT molecular complexity index is 681. The molecule has 0 spiro atoms. The van der Waals surface area contributed by atoms with Gasteiger partial charge in [0, 0.05) is 10.7 Å². The minimum Gasteiger partial charge on any atom is -0.207 e. The lowest BCUT2D eigenvalue weighted by molar-refractivity contribution is 0.136. The van der Waals surface area contributed by atoms with Crippen molar-refractivity contribution in [1.82, 2.24) is 0 Å². The van der Waals surface area contributed by atoms with Gasteiger partial charge in [-0.25, -0.2) is 8.42 Å². The van der Waals surface area contributed by atoms with Crippen LogP contribution in [0.3, 0.4) is 0 Å². The zero-order valence-corrected chi connectivity index (χ0v) is 12.7. The van der Waals surface area contributed by atoms with E-state index in [9.17, 15) is 8.42 Å². The Morgan fingerprint density at radius 2 is 1.80 bits per heavy atom. The molecule has 1 fully saturated rings. The summed E-state index contributed by atoms with van der Waals surface area (Å²) in [6.07, 6.45) is 14.9. The van der Waals surface area contributed by atoms with E-state index >= 15 is 0 Å². The van der Waals surface area contributed by atoms with Crippen LogP contribution in [0, 0.1) is 23.7 Å². The highest BCUT2D eigenvalue weighted by atomic mass is 35.7. The van der Waals surface area contributed by atoms with Gasteiger partial charge in [-0.2, -0.15) is 0 Å². The van der Waals surface area contributed by atoms with Gasteiger partial charge in [0.05, 0.1) is 4.91 Å². The minimum atomic E-state index is -3.63. The second kappa shape index (κ2) is 4.35. The molecular formula is C16H17ClO2S. The molecule has 0 radical (unpaired) electrons. The summed E-state index contributed by atoms with van der Waals surface area (Å²) in [7, 11) is 2.00. The van der Waals surface area contributed by atoms with E-state index in [2.05, 4.69) is 18.2 Å². The van der Waals surface area contributed by atoms with Crippen LogP contribution in [0.25, 0.3) is 0 Å². The van der Waals surface area contributed by atoms with Gasteiger partial charge in [-0.1, -0.05) is 30.4 Å². The van der Waals surface area contributed by atoms with E-state index in [-0.39, 0.29) is 0 Å². The number of allylic oxidation sites excluding steroid dienone is 7. The van der Waals surface area contributed by atoms with E-state index < -0.39 is 9.05 Å². The lowest BCUT2D eigenvalue weighted by Crippen LogP contribution is -2.41. The molecule has 0 N–H and O–H groups in total. The van der Waals surface area contributed by atoms with Gasteiger partial charge in [0.15, 0.2) is 0 Å². The van der Waals surface area contributed by atoms with Crippen molar-refractivity contribution in [1.29, 1.82) is 0 Å². The quantitative estimate of drug-likeness (QED) is 0.688. The first-order chi connectivity index (χ1) is 9.55. The third kappa shape index (κ3) is 1.79. The summed E-state index contributed by atoms with van der Waals surface area (Å²) in [6.45, 7) is 0. The summed E-state index contributed by atoms with van der Waals surface area (Å²) in [5, 5.41) is 0. The summed E-state index contributed by atoms with van der Waals surface area (Å²) in [4.78, 5) is 0.367. The van der Waals surface area contributed by atoms with E-state index in [1.807, 2.05) is 12.2 Å². The fraction of sp³-hybridized carbons (Fsp3) is 0.500. The second-order valence-corrected chi connectivity index (χ2v) is 8.85. The summed E-state index contributed by atoms with van der Waals surface area (Å²) in [5.74, 6) is 2.11. The van der Waals surface area contributed by atoms with E-state index in [4.69, 9.17) is 10.7 Å². The molecule has 0 aromatic carbocycles. The van der Waals surface area contributed by atoms with Gasteiger partial charge in [0.2, 0.25) is 0 Å². The number of hydrogen-bond donors (Lipinski definition) is 0. The standard InChI is InChI=1S/C16H17ClO2S/c17-20(18,19)14-9-7-12-5-4-10-2-1-3-11-6-8-13(14)16(12)15(10)11/h1,3,6,8-10,12,15-16H,2,4-5,7H2. The topological polar surface area (TPSA) is 34.1 Å². The lowest BCUT2D eigenvalue weighted by Gasteiger charge is -2.49. The molecule has 0 amide bonds. The van der Waals surface area contributed by atoms with Gasteiger partial charge in [0.25, 0.3) is 9.05 Å². The predicted octanol–water partition coefficient (Wildman–Crippen LogP) is 3.93. The molecule has 1 saturated carbocycles. The van der Waals surface area contributed by atoms with E-state index in [1.54, 1.807) is 0 Å². The van der Waals surface area contributed by atoms with E-state index in [0.717, 1.165) is 18.4 Å². The normalized spacial score (nSPS) is 38.5. The van der Waals surface area contributed by atoms with Crippen molar-refractivity contribution in [2.24, 2.45) is 23.7 Å². The number of halogens is 1. The smallest absolute Gasteiger partial charge is 0.207 e. The van der Waals surface area contributed by atoms with Crippen LogP contribution in [0.4, 0.5) is 0 Å². The first-order valence-electron chi connectivity index (χ1n) is 7.29. The molecule has 0 heterocycles. The van der Waals surface area contributed by atoms with Gasteiger partial charge >= 0.3 is 0 Å². The molecular weight excluding hydrogens is 292 g/mol. The molecule has 4 aliphatic rings. The molecule has 0 aromatic heterocycles. The molecule has 4 unspecified atom stereocenters. The first kappa shape index (κ1) is 12.9. The van der Waals surface area contributed by atoms with Crippen LogP contribution in [0.1, 0.15) is 25.7 Å². The molecule has 0 aliphatic heterocycles. The van der Waals surface area contributed by atoms with Crippen LogP contribution in [0.15, 0.2) is 46.4 Å². The monoisotopic (exact) mass is 308 g/mol. The molecule has 2 nitrogen and oxygen atoms in total. The maximum absolute atomic E-state index is 11.8. The summed E-state index contributed by atoms with van der Waals surface area (Å²) in [6, 6.07) is 0. The Morgan fingerprint density at radius 1 is 1.05 bits per heavy atom. The molecule has 106 valence electrons. The fourth-order valence-corrected chi connectivity index (χ4v) is 5.88. The summed E-state index contributed by atoms with van der Waals surface area (Å²) in [5.41, 5.74) is 2.35. The molecule has 4 aliphatic carbocycles. The maximum atomic E-state index is 11.8. The van der Waals surface area contributed by atoms with Crippen LogP contribution in [0.5, 0.6) is 0 Å². The Kier molecular flexibility index (Phi) is 2.80. The average molecular weight is 309 g/mol. The van der Waals surface area contributed by atoms with Crippen LogP contribution in [-0.2, 0) is 9.05 Å². The zero-order valence-electron chi connectivity index (χ0n) is 11.1. The van der Waals surface area contributed by atoms with Crippen LogP contribution < -0.4 is 0 Å². The highest BCUT2D eigenvalue weighted by molar-refractivity contribution is 8.17. The van der Waals surface area contributed by atoms with E-state index in [0.29, 0.717) is 28.6 Å². The van der Waals surface area contributed by atoms with Crippen molar-refractivity contribution >= 4 is 19.7 Å². The Morgan fingerprint density at radius 3 is 2.55 bits per heavy atom. The highest BCUT2D eigenvalue weighted by Crippen LogP contribution is 2.56. The second-order valence-electron chi connectivity index (χ2n) is 6.32. The van der Waals surface area contributed by atoms with Crippen LogP contribution in [-0.4, -0.2) is 8.42 Å². The third-order valence-corrected chi connectivity index (χ3v) is 6.84. The number of hydrogen-bond acceptors (Lipinski definition) is 2. The third-order valence-electron chi connectivity index (χ3n) is 5.41. The van der Waals surface area contributed by atoms with Crippen LogP contribution in [0.2, 0.25) is 0 Å². The van der Waals surface area contributed by atoms with Crippen LogP contribution >= 0.6 is 10.7 Å². The molecule has 4 atom stereocenters. The first-order valence-corrected chi connectivity index (χ1v) is 9.60. The largest absolute Gasteiger partial charge is 0.261 e. The average Bonchev–Trinajstić information content (AvgIpc) is 2.43.